The molecule has 0 aromatic heterocycles. The molecule has 0 amide bonds. The first-order valence-electron chi connectivity index (χ1n) is 5.57. The van der Waals surface area contributed by atoms with Gasteiger partial charge in [0.2, 0.25) is 0 Å². The van der Waals surface area contributed by atoms with Gasteiger partial charge in [-0.1, -0.05) is 39.7 Å². The van der Waals surface area contributed by atoms with Crippen molar-refractivity contribution < 1.29 is 0 Å². The summed E-state index contributed by atoms with van der Waals surface area (Å²) in [5.41, 5.74) is 8.99. The van der Waals surface area contributed by atoms with Crippen molar-refractivity contribution in [2.24, 2.45) is 0 Å². The minimum atomic E-state index is 0.754. The predicted octanol–water partition coefficient (Wildman–Crippen LogP) is 4.32. The Hall–Kier alpha value is -1.19. The zero-order valence-electron chi connectivity index (χ0n) is 10.0. The normalized spacial score (nSPS) is 10.4. The molecule has 0 unspecified atom stereocenters. The van der Waals surface area contributed by atoms with E-state index >= 15 is 0 Å². The molecule has 18 heavy (non-hydrogen) atoms. The van der Waals surface area contributed by atoms with Gasteiger partial charge in [0.15, 0.2) is 0 Å². The van der Waals surface area contributed by atoms with Crippen molar-refractivity contribution in [2.75, 3.05) is 17.7 Å². The molecule has 4 heteroatoms. The van der Waals surface area contributed by atoms with Crippen molar-refractivity contribution >= 4 is 38.9 Å². The summed E-state index contributed by atoms with van der Waals surface area (Å²) in [6.45, 7) is 0.795. The smallest absolute Gasteiger partial charge is 0.0601 e. The lowest BCUT2D eigenvalue weighted by Gasteiger charge is -2.21. The van der Waals surface area contributed by atoms with Crippen LogP contribution in [0.1, 0.15) is 5.56 Å². The summed E-state index contributed by atoms with van der Waals surface area (Å²) in [6.07, 6.45) is 0. The summed E-state index contributed by atoms with van der Waals surface area (Å²) in [4.78, 5) is 2.12. The number of rotatable bonds is 3. The summed E-state index contributed by atoms with van der Waals surface area (Å²) < 4.78 is 0.989. The molecule has 0 aliphatic carbocycles. The molecule has 0 spiro atoms. The third-order valence-corrected chi connectivity index (χ3v) is 3.48. The molecule has 0 atom stereocenters. The van der Waals surface area contributed by atoms with Crippen LogP contribution in [-0.2, 0) is 6.54 Å². The van der Waals surface area contributed by atoms with E-state index in [9.17, 15) is 0 Å². The average Bonchev–Trinajstić information content (AvgIpc) is 2.32. The molecule has 2 rings (SSSR count). The van der Waals surface area contributed by atoms with Crippen LogP contribution >= 0.6 is 27.5 Å². The highest BCUT2D eigenvalue weighted by atomic mass is 79.9. The molecule has 94 valence electrons. The first kappa shape index (κ1) is 13.2. The van der Waals surface area contributed by atoms with E-state index in [0.717, 1.165) is 27.4 Å². The molecule has 0 fully saturated rings. The molecule has 0 saturated carbocycles. The fraction of sp³-hybridized carbons (Fsp3) is 0.143. The molecule has 0 heterocycles. The number of nitrogens with zero attached hydrogens (tertiary/aromatic N) is 1. The zero-order valence-corrected chi connectivity index (χ0v) is 12.4. The minimum Gasteiger partial charge on any atom is -0.397 e. The monoisotopic (exact) mass is 324 g/mol. The largest absolute Gasteiger partial charge is 0.397 e. The third kappa shape index (κ3) is 3.18. The van der Waals surface area contributed by atoms with Gasteiger partial charge >= 0.3 is 0 Å². The van der Waals surface area contributed by atoms with E-state index in [4.69, 9.17) is 17.3 Å². The van der Waals surface area contributed by atoms with Gasteiger partial charge < -0.3 is 10.6 Å². The van der Waals surface area contributed by atoms with Crippen molar-refractivity contribution in [2.45, 2.75) is 6.54 Å². The van der Waals surface area contributed by atoms with Crippen LogP contribution in [0.25, 0.3) is 0 Å². The van der Waals surface area contributed by atoms with Crippen molar-refractivity contribution in [1.29, 1.82) is 0 Å². The van der Waals surface area contributed by atoms with Crippen LogP contribution < -0.4 is 10.6 Å². The van der Waals surface area contributed by atoms with Gasteiger partial charge in [-0.25, -0.2) is 0 Å². The molecule has 0 bridgehead atoms. The van der Waals surface area contributed by atoms with E-state index in [1.54, 1.807) is 0 Å². The standard InChI is InChI=1S/C14H14BrClN2/c1-18(9-10-2-5-12(16)6-3-10)14-7-4-11(15)8-13(14)17/h2-8H,9,17H2,1H3. The lowest BCUT2D eigenvalue weighted by molar-refractivity contribution is 0.924. The van der Waals surface area contributed by atoms with Crippen LogP contribution in [0, 0.1) is 0 Å². The summed E-state index contributed by atoms with van der Waals surface area (Å²) in [5.74, 6) is 0. The van der Waals surface area contributed by atoms with Crippen LogP contribution in [-0.4, -0.2) is 7.05 Å². The van der Waals surface area contributed by atoms with Crippen molar-refractivity contribution in [1.82, 2.24) is 0 Å². The van der Waals surface area contributed by atoms with Gasteiger partial charge in [-0.2, -0.15) is 0 Å². The highest BCUT2D eigenvalue weighted by molar-refractivity contribution is 9.10. The summed E-state index contributed by atoms with van der Waals surface area (Å²) in [5, 5.41) is 0.754. The Labute approximate surface area is 120 Å². The van der Waals surface area contributed by atoms with E-state index < -0.39 is 0 Å². The molecule has 2 aromatic rings. The summed E-state index contributed by atoms with van der Waals surface area (Å²) in [7, 11) is 2.02. The Kier molecular flexibility index (Phi) is 4.15. The van der Waals surface area contributed by atoms with Crippen LogP contribution in [0.15, 0.2) is 46.9 Å². The summed E-state index contributed by atoms with van der Waals surface area (Å²) in [6, 6.07) is 13.8. The fourth-order valence-electron chi connectivity index (χ4n) is 1.82. The number of hydrogen-bond donors (Lipinski definition) is 1. The van der Waals surface area contributed by atoms with Gasteiger partial charge in [0, 0.05) is 23.1 Å². The predicted molar refractivity (Wildman–Crippen MR) is 82.1 cm³/mol. The molecule has 2 N–H and O–H groups in total. The SMILES string of the molecule is CN(Cc1ccc(Cl)cc1)c1ccc(Br)cc1N. The number of halogens is 2. The Bertz CT molecular complexity index is 540. The molecule has 0 radical (unpaired) electrons. The van der Waals surface area contributed by atoms with E-state index in [0.29, 0.717) is 0 Å². The van der Waals surface area contributed by atoms with Gasteiger partial charge in [0.25, 0.3) is 0 Å². The number of nitrogens with two attached hydrogens (primary N) is 1. The Morgan fingerprint density at radius 1 is 1.17 bits per heavy atom. The quantitative estimate of drug-likeness (QED) is 0.852. The van der Waals surface area contributed by atoms with Crippen molar-refractivity contribution in [3.63, 3.8) is 0 Å². The van der Waals surface area contributed by atoms with E-state index in [1.165, 1.54) is 5.56 Å². The molecule has 0 aliphatic rings. The average molecular weight is 326 g/mol. The molecular formula is C14H14BrClN2. The Morgan fingerprint density at radius 2 is 1.83 bits per heavy atom. The lowest BCUT2D eigenvalue weighted by Crippen LogP contribution is -2.17. The molecule has 2 nitrogen and oxygen atoms in total. The van der Waals surface area contributed by atoms with E-state index in [-0.39, 0.29) is 0 Å². The second-order valence-electron chi connectivity index (χ2n) is 4.19. The highest BCUT2D eigenvalue weighted by Crippen LogP contribution is 2.27. The molecule has 0 saturated heterocycles. The third-order valence-electron chi connectivity index (χ3n) is 2.73. The topological polar surface area (TPSA) is 29.3 Å². The number of nitrogen functional groups attached to an aromatic ring is 1. The van der Waals surface area contributed by atoms with Gasteiger partial charge in [0.05, 0.1) is 11.4 Å². The fourth-order valence-corrected chi connectivity index (χ4v) is 2.33. The maximum absolute atomic E-state index is 6.01. The first-order valence-corrected chi connectivity index (χ1v) is 6.74. The molecular weight excluding hydrogens is 312 g/mol. The Morgan fingerprint density at radius 3 is 2.44 bits per heavy atom. The van der Waals surface area contributed by atoms with Crippen LogP contribution in [0.4, 0.5) is 11.4 Å². The molecule has 0 aliphatic heterocycles. The van der Waals surface area contributed by atoms with E-state index in [1.807, 2.05) is 49.5 Å². The van der Waals surface area contributed by atoms with Gasteiger partial charge in [-0.15, -0.1) is 0 Å². The van der Waals surface area contributed by atoms with Crippen LogP contribution in [0.3, 0.4) is 0 Å². The van der Waals surface area contributed by atoms with Gasteiger partial charge in [-0.3, -0.25) is 0 Å². The van der Waals surface area contributed by atoms with Crippen LogP contribution in [0.2, 0.25) is 5.02 Å². The molecule has 2 aromatic carbocycles. The second-order valence-corrected chi connectivity index (χ2v) is 5.54. The lowest BCUT2D eigenvalue weighted by atomic mass is 10.2. The second kappa shape index (κ2) is 5.63. The van der Waals surface area contributed by atoms with Gasteiger partial charge in [0.1, 0.15) is 0 Å². The maximum atomic E-state index is 6.01. The van der Waals surface area contributed by atoms with Crippen molar-refractivity contribution in [3.8, 4) is 0 Å². The zero-order chi connectivity index (χ0) is 13.1. The van der Waals surface area contributed by atoms with E-state index in [2.05, 4.69) is 20.8 Å². The number of anilines is 2. The maximum Gasteiger partial charge on any atom is 0.0601 e. The number of hydrogen-bond acceptors (Lipinski definition) is 2. The van der Waals surface area contributed by atoms with Gasteiger partial charge in [-0.05, 0) is 35.9 Å². The first-order chi connectivity index (χ1) is 8.56. The highest BCUT2D eigenvalue weighted by Gasteiger charge is 2.06. The number of benzene rings is 2. The van der Waals surface area contributed by atoms with Crippen molar-refractivity contribution in [3.05, 3.63) is 57.5 Å². The minimum absolute atomic E-state index is 0.754. The Balaban J connectivity index is 2.16. The summed E-state index contributed by atoms with van der Waals surface area (Å²) >= 11 is 9.28. The van der Waals surface area contributed by atoms with Crippen LogP contribution in [0.5, 0.6) is 0 Å².